The predicted octanol–water partition coefficient (Wildman–Crippen LogP) is 3.71. The number of amides is 2. The zero-order chi connectivity index (χ0) is 19.4. The van der Waals surface area contributed by atoms with Gasteiger partial charge in [-0.2, -0.15) is 5.26 Å². The summed E-state index contributed by atoms with van der Waals surface area (Å²) in [7, 11) is 0. The number of aromatic nitrogens is 1. The van der Waals surface area contributed by atoms with Crippen molar-refractivity contribution in [3.63, 3.8) is 0 Å². The first kappa shape index (κ1) is 18.1. The van der Waals surface area contributed by atoms with E-state index in [1.54, 1.807) is 36.5 Å². The summed E-state index contributed by atoms with van der Waals surface area (Å²) >= 11 is 0. The van der Waals surface area contributed by atoms with Crippen LogP contribution < -0.4 is 10.6 Å². The van der Waals surface area contributed by atoms with Crippen LogP contribution in [0.1, 0.15) is 19.4 Å². The number of anilines is 2. The molecule has 3 rings (SSSR count). The van der Waals surface area contributed by atoms with Gasteiger partial charge in [0.1, 0.15) is 11.5 Å². The molecular formula is C21H18N4O2. The molecule has 27 heavy (non-hydrogen) atoms. The van der Waals surface area contributed by atoms with E-state index in [2.05, 4.69) is 15.6 Å². The molecule has 2 N–H and O–H groups in total. The number of rotatable bonds is 4. The molecule has 0 atom stereocenters. The second kappa shape index (κ2) is 7.26. The lowest BCUT2D eigenvalue weighted by molar-refractivity contribution is -0.135. The van der Waals surface area contributed by atoms with Gasteiger partial charge in [-0.1, -0.05) is 30.3 Å². The maximum Gasteiger partial charge on any atom is 0.239 e. The minimum absolute atomic E-state index is 0.334. The average Bonchev–Trinajstić information content (AvgIpc) is 2.68. The molecule has 134 valence electrons. The molecule has 3 aromatic rings. The van der Waals surface area contributed by atoms with Gasteiger partial charge in [-0.3, -0.25) is 14.6 Å². The van der Waals surface area contributed by atoms with Crippen LogP contribution in [0.4, 0.5) is 11.4 Å². The molecule has 0 bridgehead atoms. The van der Waals surface area contributed by atoms with Gasteiger partial charge in [0.05, 0.1) is 22.5 Å². The summed E-state index contributed by atoms with van der Waals surface area (Å²) in [5, 5.41) is 15.5. The molecule has 0 spiro atoms. The summed E-state index contributed by atoms with van der Waals surface area (Å²) < 4.78 is 0. The Balaban J connectivity index is 1.82. The first-order valence-electron chi connectivity index (χ1n) is 8.39. The fourth-order valence-electron chi connectivity index (χ4n) is 2.55. The minimum Gasteiger partial charge on any atom is -0.324 e. The van der Waals surface area contributed by atoms with Crippen LogP contribution in [0.3, 0.4) is 0 Å². The van der Waals surface area contributed by atoms with Crippen molar-refractivity contribution in [3.05, 3.63) is 66.4 Å². The van der Waals surface area contributed by atoms with E-state index in [0.29, 0.717) is 22.5 Å². The summed E-state index contributed by atoms with van der Waals surface area (Å²) in [6.45, 7) is 3.07. The van der Waals surface area contributed by atoms with Crippen molar-refractivity contribution >= 4 is 34.1 Å². The third-order valence-corrected chi connectivity index (χ3v) is 4.31. The highest BCUT2D eigenvalue weighted by Gasteiger charge is 2.36. The van der Waals surface area contributed by atoms with Gasteiger partial charge in [-0.05, 0) is 38.1 Å². The topological polar surface area (TPSA) is 94.9 Å². The molecule has 2 amide bonds. The number of benzene rings is 2. The number of hydrogen-bond donors (Lipinski definition) is 2. The highest BCUT2D eigenvalue weighted by molar-refractivity contribution is 6.15. The third kappa shape index (κ3) is 3.62. The Morgan fingerprint density at radius 1 is 0.926 bits per heavy atom. The maximum absolute atomic E-state index is 12.8. The van der Waals surface area contributed by atoms with E-state index in [1.165, 1.54) is 13.8 Å². The number of para-hydroxylation sites is 2. The first-order chi connectivity index (χ1) is 12.9. The third-order valence-electron chi connectivity index (χ3n) is 4.31. The maximum atomic E-state index is 12.8. The van der Waals surface area contributed by atoms with Crippen molar-refractivity contribution in [2.24, 2.45) is 5.41 Å². The quantitative estimate of drug-likeness (QED) is 0.695. The molecule has 6 nitrogen and oxygen atoms in total. The van der Waals surface area contributed by atoms with Gasteiger partial charge in [0, 0.05) is 11.6 Å². The predicted molar refractivity (Wildman–Crippen MR) is 104 cm³/mol. The number of nitrogens with zero attached hydrogens (tertiary/aromatic N) is 2. The number of nitriles is 1. The fourth-order valence-corrected chi connectivity index (χ4v) is 2.55. The van der Waals surface area contributed by atoms with Crippen molar-refractivity contribution in [1.82, 2.24) is 4.98 Å². The van der Waals surface area contributed by atoms with E-state index in [-0.39, 0.29) is 0 Å². The molecule has 0 saturated heterocycles. The molecule has 0 aliphatic rings. The molecular weight excluding hydrogens is 340 g/mol. The number of nitrogens with one attached hydrogen (secondary N) is 2. The Bertz CT molecular complexity index is 1060. The summed E-state index contributed by atoms with van der Waals surface area (Å²) in [5.41, 5.74) is 0.535. The lowest BCUT2D eigenvalue weighted by Crippen LogP contribution is -2.41. The number of carbonyl (C=O) groups excluding carboxylic acids is 2. The zero-order valence-electron chi connectivity index (χ0n) is 15.0. The van der Waals surface area contributed by atoms with E-state index in [4.69, 9.17) is 5.26 Å². The van der Waals surface area contributed by atoms with Crippen LogP contribution in [0, 0.1) is 16.7 Å². The fraction of sp³-hybridized carbons (Fsp3) is 0.143. The summed E-state index contributed by atoms with van der Waals surface area (Å²) in [4.78, 5) is 29.8. The molecule has 0 aliphatic carbocycles. The first-order valence-corrected chi connectivity index (χ1v) is 8.39. The zero-order valence-corrected chi connectivity index (χ0v) is 15.0. The number of carbonyl (C=O) groups is 2. The van der Waals surface area contributed by atoms with Crippen LogP contribution in [0.25, 0.3) is 10.9 Å². The lowest BCUT2D eigenvalue weighted by Gasteiger charge is -2.23. The van der Waals surface area contributed by atoms with E-state index < -0.39 is 17.2 Å². The van der Waals surface area contributed by atoms with Crippen molar-refractivity contribution in [2.45, 2.75) is 13.8 Å². The van der Waals surface area contributed by atoms with E-state index in [0.717, 1.165) is 5.39 Å². The Hall–Kier alpha value is -3.72. The van der Waals surface area contributed by atoms with Gasteiger partial charge in [0.2, 0.25) is 11.8 Å². The summed E-state index contributed by atoms with van der Waals surface area (Å²) in [6.07, 6.45) is 1.65. The number of hydrogen-bond acceptors (Lipinski definition) is 4. The standard InChI is InChI=1S/C21H18N4O2/c1-21(2,19(26)24-16-10-4-3-7-15(16)13-22)20(27)25-17-11-5-8-14-9-6-12-23-18(14)17/h3-12H,1-2H3,(H,24,26)(H,25,27). The van der Waals surface area contributed by atoms with Crippen molar-refractivity contribution in [3.8, 4) is 6.07 Å². The molecule has 0 fully saturated rings. The normalized spacial score (nSPS) is 10.9. The Morgan fingerprint density at radius 3 is 2.30 bits per heavy atom. The van der Waals surface area contributed by atoms with Crippen LogP contribution >= 0.6 is 0 Å². The van der Waals surface area contributed by atoms with Crippen molar-refractivity contribution < 1.29 is 9.59 Å². The Morgan fingerprint density at radius 2 is 1.56 bits per heavy atom. The molecule has 1 heterocycles. The largest absolute Gasteiger partial charge is 0.324 e. The van der Waals surface area contributed by atoms with Crippen LogP contribution in [-0.4, -0.2) is 16.8 Å². The monoisotopic (exact) mass is 358 g/mol. The second-order valence-corrected chi connectivity index (χ2v) is 6.57. The lowest BCUT2D eigenvalue weighted by atomic mass is 9.90. The SMILES string of the molecule is CC(C)(C(=O)Nc1ccccc1C#N)C(=O)Nc1cccc2cccnc12. The van der Waals surface area contributed by atoms with Crippen LogP contribution in [0.5, 0.6) is 0 Å². The van der Waals surface area contributed by atoms with Gasteiger partial charge in [-0.25, -0.2) is 0 Å². The molecule has 0 saturated carbocycles. The van der Waals surface area contributed by atoms with Crippen molar-refractivity contribution in [2.75, 3.05) is 10.6 Å². The minimum atomic E-state index is -1.36. The Kier molecular flexibility index (Phi) is 4.86. The van der Waals surface area contributed by atoms with E-state index >= 15 is 0 Å². The van der Waals surface area contributed by atoms with Crippen LogP contribution in [-0.2, 0) is 9.59 Å². The summed E-state index contributed by atoms with van der Waals surface area (Å²) in [5.74, 6) is -0.969. The smallest absolute Gasteiger partial charge is 0.239 e. The molecule has 6 heteroatoms. The number of pyridine rings is 1. The average molecular weight is 358 g/mol. The van der Waals surface area contributed by atoms with E-state index in [1.807, 2.05) is 30.3 Å². The van der Waals surface area contributed by atoms with Gasteiger partial charge in [0.25, 0.3) is 0 Å². The number of fused-ring (bicyclic) bond motifs is 1. The molecule has 0 aliphatic heterocycles. The second-order valence-electron chi connectivity index (χ2n) is 6.57. The van der Waals surface area contributed by atoms with Crippen molar-refractivity contribution in [1.29, 1.82) is 5.26 Å². The van der Waals surface area contributed by atoms with Gasteiger partial charge >= 0.3 is 0 Å². The highest BCUT2D eigenvalue weighted by Crippen LogP contribution is 2.26. The van der Waals surface area contributed by atoms with Crippen LogP contribution in [0.2, 0.25) is 0 Å². The van der Waals surface area contributed by atoms with E-state index in [9.17, 15) is 9.59 Å². The van der Waals surface area contributed by atoms with Gasteiger partial charge in [-0.15, -0.1) is 0 Å². The van der Waals surface area contributed by atoms with Gasteiger partial charge in [0.15, 0.2) is 0 Å². The Labute approximate surface area is 156 Å². The molecule has 0 radical (unpaired) electrons. The molecule has 0 unspecified atom stereocenters. The highest BCUT2D eigenvalue weighted by atomic mass is 16.2. The summed E-state index contributed by atoms with van der Waals surface area (Å²) in [6, 6.07) is 17.8. The molecule has 1 aromatic heterocycles. The molecule has 2 aromatic carbocycles. The van der Waals surface area contributed by atoms with Crippen LogP contribution in [0.15, 0.2) is 60.8 Å². The van der Waals surface area contributed by atoms with Gasteiger partial charge < -0.3 is 10.6 Å².